The summed E-state index contributed by atoms with van der Waals surface area (Å²) in [6, 6.07) is 1.02. The molecule has 0 radical (unpaired) electrons. The van der Waals surface area contributed by atoms with Crippen molar-refractivity contribution in [1.82, 2.24) is 9.55 Å². The molecule has 118 valence electrons. The monoisotopic (exact) mass is 324 g/mol. The summed E-state index contributed by atoms with van der Waals surface area (Å²) >= 11 is 0. The van der Waals surface area contributed by atoms with Gasteiger partial charge in [-0.3, -0.25) is 18.9 Å². The second-order valence-corrected chi connectivity index (χ2v) is 5.59. The number of phosphoric acid groups is 1. The van der Waals surface area contributed by atoms with Crippen LogP contribution in [-0.2, 0) is 13.8 Å². The Kier molecular flexibility index (Phi) is 4.44. The van der Waals surface area contributed by atoms with Crippen LogP contribution in [0.4, 0.5) is 0 Å². The maximum atomic E-state index is 11.6. The minimum atomic E-state index is -4.76. The van der Waals surface area contributed by atoms with Crippen molar-refractivity contribution >= 4 is 7.82 Å². The predicted octanol–water partition coefficient (Wildman–Crippen LogP) is -2.73. The number of hydrogen-bond acceptors (Lipinski definition) is 7. The SMILES string of the molecule is O=c1ccn([C@H]2O[C@H](COP(=O)(O)O)[C@H](O)[C@H]2O)c(=O)[nH]1. The number of nitrogens with one attached hydrogen (secondary N) is 1. The summed E-state index contributed by atoms with van der Waals surface area (Å²) in [4.78, 5) is 41.6. The first-order valence-corrected chi connectivity index (χ1v) is 7.25. The maximum absolute atomic E-state index is 11.6. The molecule has 12 heteroatoms. The fraction of sp³-hybridized carbons (Fsp3) is 0.556. The summed E-state index contributed by atoms with van der Waals surface area (Å²) < 4.78 is 20.8. The Morgan fingerprint density at radius 3 is 2.57 bits per heavy atom. The van der Waals surface area contributed by atoms with Crippen molar-refractivity contribution in [2.75, 3.05) is 6.61 Å². The quantitative estimate of drug-likeness (QED) is 0.368. The molecule has 1 saturated heterocycles. The average molecular weight is 324 g/mol. The standard InChI is InChI=1S/C9H13N2O9P/c12-5-1-2-11(9(15)10-5)8-7(14)6(13)4(20-8)3-19-21(16,17)18/h1-2,4,6-8,13-14H,3H2,(H,10,12,15)(H2,16,17,18)/t4-,6+,7-,8+/m1/s1. The molecule has 4 atom stereocenters. The molecule has 0 unspecified atom stereocenters. The molecule has 2 heterocycles. The van der Waals surface area contributed by atoms with Crippen LogP contribution in [0.2, 0.25) is 0 Å². The molecule has 1 aromatic rings. The van der Waals surface area contributed by atoms with Crippen molar-refractivity contribution in [1.29, 1.82) is 0 Å². The molecule has 1 fully saturated rings. The highest BCUT2D eigenvalue weighted by Gasteiger charge is 2.44. The van der Waals surface area contributed by atoms with E-state index < -0.39 is 50.2 Å². The molecule has 0 aromatic carbocycles. The molecule has 2 rings (SSSR count). The second-order valence-electron chi connectivity index (χ2n) is 4.35. The number of hydrogen-bond donors (Lipinski definition) is 5. The van der Waals surface area contributed by atoms with Crippen LogP contribution < -0.4 is 11.2 Å². The zero-order chi connectivity index (χ0) is 15.8. The predicted molar refractivity (Wildman–Crippen MR) is 65.2 cm³/mol. The van der Waals surface area contributed by atoms with Gasteiger partial charge in [0.15, 0.2) is 6.23 Å². The Labute approximate surface area is 116 Å². The van der Waals surface area contributed by atoms with E-state index in [-0.39, 0.29) is 0 Å². The largest absolute Gasteiger partial charge is 0.469 e. The third kappa shape index (κ3) is 3.66. The lowest BCUT2D eigenvalue weighted by atomic mass is 10.1. The van der Waals surface area contributed by atoms with Gasteiger partial charge in [0.05, 0.1) is 6.61 Å². The van der Waals surface area contributed by atoms with Gasteiger partial charge in [0, 0.05) is 12.3 Å². The van der Waals surface area contributed by atoms with Gasteiger partial charge in [0.2, 0.25) is 0 Å². The van der Waals surface area contributed by atoms with Gasteiger partial charge in [-0.25, -0.2) is 9.36 Å². The number of rotatable bonds is 4. The van der Waals surface area contributed by atoms with Crippen molar-refractivity contribution in [2.24, 2.45) is 0 Å². The zero-order valence-electron chi connectivity index (χ0n) is 10.4. The van der Waals surface area contributed by atoms with Crippen LogP contribution >= 0.6 is 7.82 Å². The van der Waals surface area contributed by atoms with Crippen LogP contribution in [-0.4, -0.2) is 54.5 Å². The van der Waals surface area contributed by atoms with Crippen molar-refractivity contribution in [3.63, 3.8) is 0 Å². The van der Waals surface area contributed by atoms with Crippen molar-refractivity contribution in [3.05, 3.63) is 33.1 Å². The highest BCUT2D eigenvalue weighted by atomic mass is 31.2. The third-order valence-corrected chi connectivity index (χ3v) is 3.35. The van der Waals surface area contributed by atoms with Gasteiger partial charge in [0.25, 0.3) is 5.56 Å². The van der Waals surface area contributed by atoms with Crippen LogP contribution in [0, 0.1) is 0 Å². The van der Waals surface area contributed by atoms with Gasteiger partial charge in [-0.1, -0.05) is 0 Å². The first kappa shape index (κ1) is 16.0. The Morgan fingerprint density at radius 2 is 2.00 bits per heavy atom. The fourth-order valence-electron chi connectivity index (χ4n) is 1.89. The van der Waals surface area contributed by atoms with Gasteiger partial charge < -0.3 is 24.7 Å². The fourth-order valence-corrected chi connectivity index (χ4v) is 2.24. The topological polar surface area (TPSA) is 171 Å². The molecule has 0 spiro atoms. The molecular formula is C9H13N2O9P. The van der Waals surface area contributed by atoms with Gasteiger partial charge >= 0.3 is 13.5 Å². The van der Waals surface area contributed by atoms with E-state index in [1.807, 2.05) is 4.98 Å². The molecular weight excluding hydrogens is 311 g/mol. The Balaban J connectivity index is 2.18. The van der Waals surface area contributed by atoms with E-state index in [0.29, 0.717) is 0 Å². The van der Waals surface area contributed by atoms with Gasteiger partial charge in [-0.05, 0) is 0 Å². The summed E-state index contributed by atoms with van der Waals surface area (Å²) in [6.07, 6.45) is -4.58. The molecule has 0 amide bonds. The van der Waals surface area contributed by atoms with Crippen molar-refractivity contribution in [3.8, 4) is 0 Å². The van der Waals surface area contributed by atoms with E-state index in [1.54, 1.807) is 0 Å². The normalized spacial score (nSPS) is 29.7. The van der Waals surface area contributed by atoms with E-state index in [4.69, 9.17) is 14.5 Å². The number of phosphoric ester groups is 1. The first-order valence-electron chi connectivity index (χ1n) is 5.72. The third-order valence-electron chi connectivity index (χ3n) is 2.87. The number of aliphatic hydroxyl groups is 2. The number of aromatic nitrogens is 2. The summed E-state index contributed by atoms with van der Waals surface area (Å²) in [5.74, 6) is 0. The lowest BCUT2D eigenvalue weighted by molar-refractivity contribution is -0.0543. The minimum absolute atomic E-state index is 0.648. The maximum Gasteiger partial charge on any atom is 0.469 e. The van der Waals surface area contributed by atoms with Crippen molar-refractivity contribution < 1.29 is 33.8 Å². The highest BCUT2D eigenvalue weighted by molar-refractivity contribution is 7.46. The van der Waals surface area contributed by atoms with E-state index in [1.165, 1.54) is 0 Å². The molecule has 1 aromatic heterocycles. The van der Waals surface area contributed by atoms with Crippen LogP contribution in [0.1, 0.15) is 6.23 Å². The van der Waals surface area contributed by atoms with E-state index >= 15 is 0 Å². The van der Waals surface area contributed by atoms with Crippen LogP contribution in [0.15, 0.2) is 21.9 Å². The number of ether oxygens (including phenoxy) is 1. The number of aromatic amines is 1. The summed E-state index contributed by atoms with van der Waals surface area (Å²) in [5.41, 5.74) is -1.51. The molecule has 0 bridgehead atoms. The molecule has 0 saturated carbocycles. The van der Waals surface area contributed by atoms with Crippen LogP contribution in [0.3, 0.4) is 0 Å². The molecule has 0 aliphatic carbocycles. The lowest BCUT2D eigenvalue weighted by Gasteiger charge is -2.16. The lowest BCUT2D eigenvalue weighted by Crippen LogP contribution is -2.37. The summed E-state index contributed by atoms with van der Waals surface area (Å²) in [5, 5.41) is 19.6. The minimum Gasteiger partial charge on any atom is -0.387 e. The molecule has 5 N–H and O–H groups in total. The number of aliphatic hydroxyl groups excluding tert-OH is 2. The Bertz CT molecular complexity index is 664. The number of H-pyrrole nitrogens is 1. The average Bonchev–Trinajstić information content (AvgIpc) is 2.64. The smallest absolute Gasteiger partial charge is 0.387 e. The first-order chi connectivity index (χ1) is 9.69. The van der Waals surface area contributed by atoms with Gasteiger partial charge in [-0.2, -0.15) is 0 Å². The summed E-state index contributed by atoms with van der Waals surface area (Å²) in [6.45, 7) is -0.683. The van der Waals surface area contributed by atoms with Crippen molar-refractivity contribution in [2.45, 2.75) is 24.5 Å². The van der Waals surface area contributed by atoms with Crippen LogP contribution in [0.5, 0.6) is 0 Å². The Morgan fingerprint density at radius 1 is 1.33 bits per heavy atom. The molecule has 11 nitrogen and oxygen atoms in total. The summed E-state index contributed by atoms with van der Waals surface area (Å²) in [7, 11) is -4.76. The van der Waals surface area contributed by atoms with E-state index in [9.17, 15) is 24.4 Å². The van der Waals surface area contributed by atoms with E-state index in [2.05, 4.69) is 4.52 Å². The zero-order valence-corrected chi connectivity index (χ0v) is 11.3. The second kappa shape index (κ2) is 5.81. The highest BCUT2D eigenvalue weighted by Crippen LogP contribution is 2.38. The van der Waals surface area contributed by atoms with Crippen LogP contribution in [0.25, 0.3) is 0 Å². The van der Waals surface area contributed by atoms with E-state index in [0.717, 1.165) is 16.8 Å². The molecule has 1 aliphatic rings. The number of nitrogens with zero attached hydrogens (tertiary/aromatic N) is 1. The van der Waals surface area contributed by atoms with Gasteiger partial charge in [0.1, 0.15) is 18.3 Å². The molecule has 21 heavy (non-hydrogen) atoms. The van der Waals surface area contributed by atoms with Gasteiger partial charge in [-0.15, -0.1) is 0 Å². The molecule has 1 aliphatic heterocycles. The Hall–Kier alpha value is -1.33.